The van der Waals surface area contributed by atoms with Gasteiger partial charge in [0.1, 0.15) is 0 Å². The molecule has 0 aliphatic heterocycles. The molecule has 0 fully saturated rings. The number of nitrogens with one attached hydrogen (secondary N) is 2. The first kappa shape index (κ1) is 7.90. The molecule has 0 aliphatic rings. The highest BCUT2D eigenvalue weighted by Gasteiger charge is 1.92. The van der Waals surface area contributed by atoms with Crippen molar-refractivity contribution in [1.29, 1.82) is 10.5 Å². The number of hydrogen-bond donors (Lipinski definition) is 2. The zero-order chi connectivity index (χ0) is 8.81. The van der Waals surface area contributed by atoms with Crippen LogP contribution in [0.3, 0.4) is 0 Å². The molecule has 0 spiro atoms. The van der Waals surface area contributed by atoms with Crippen molar-refractivity contribution in [3.63, 3.8) is 0 Å². The maximum atomic E-state index is 8.29. The van der Waals surface area contributed by atoms with Crippen molar-refractivity contribution in [2.24, 2.45) is 0 Å². The van der Waals surface area contributed by atoms with E-state index in [-0.39, 0.29) is 0 Å². The smallest absolute Gasteiger partial charge is 0.181 e. The molecule has 0 amide bonds. The molecule has 0 saturated heterocycles. The van der Waals surface area contributed by atoms with Crippen molar-refractivity contribution in [3.8, 4) is 12.4 Å². The quantitative estimate of drug-likeness (QED) is 0.505. The third-order valence-corrected chi connectivity index (χ3v) is 1.26. The molecule has 4 heteroatoms. The Hall–Kier alpha value is -2.20. The Balaban J connectivity index is 2.84. The van der Waals surface area contributed by atoms with E-state index in [0.29, 0.717) is 11.4 Å². The lowest BCUT2D eigenvalue weighted by atomic mass is 10.3. The van der Waals surface area contributed by atoms with Gasteiger partial charge in [0.25, 0.3) is 0 Å². The summed E-state index contributed by atoms with van der Waals surface area (Å²) in [6.07, 6.45) is 3.59. The minimum Gasteiger partial charge on any atom is -0.293 e. The van der Waals surface area contributed by atoms with Crippen LogP contribution in [0.1, 0.15) is 0 Å². The van der Waals surface area contributed by atoms with E-state index in [1.165, 1.54) is 0 Å². The Labute approximate surface area is 70.0 Å². The Morgan fingerprint density at radius 2 is 1.50 bits per heavy atom. The highest BCUT2D eigenvalue weighted by molar-refractivity contribution is 5.59. The standard InChI is InChI=1S/C8H6N4/c9-5-11-7-2-1-3-8(4-7)12-6-10/h1-4,11-12H. The van der Waals surface area contributed by atoms with Gasteiger partial charge in [-0.05, 0) is 18.2 Å². The Bertz CT molecular complexity index is 314. The molecule has 12 heavy (non-hydrogen) atoms. The third-order valence-electron chi connectivity index (χ3n) is 1.26. The van der Waals surface area contributed by atoms with Crippen LogP contribution >= 0.6 is 0 Å². The molecular formula is C8H6N4. The number of nitriles is 2. The average molecular weight is 158 g/mol. The maximum absolute atomic E-state index is 8.29. The summed E-state index contributed by atoms with van der Waals surface area (Å²) in [5.74, 6) is 0. The lowest BCUT2D eigenvalue weighted by Gasteiger charge is -1.99. The molecule has 0 unspecified atom stereocenters. The van der Waals surface area contributed by atoms with E-state index in [0.717, 1.165) is 0 Å². The Kier molecular flexibility index (Phi) is 2.53. The fourth-order valence-corrected chi connectivity index (χ4v) is 0.804. The van der Waals surface area contributed by atoms with Crippen molar-refractivity contribution >= 4 is 11.4 Å². The van der Waals surface area contributed by atoms with Gasteiger partial charge < -0.3 is 0 Å². The van der Waals surface area contributed by atoms with Gasteiger partial charge in [0, 0.05) is 11.4 Å². The van der Waals surface area contributed by atoms with E-state index >= 15 is 0 Å². The molecule has 1 aromatic rings. The SMILES string of the molecule is N#CNc1cccc(NC#N)c1. The molecule has 58 valence electrons. The third kappa shape index (κ3) is 1.89. The molecule has 0 heterocycles. The van der Waals surface area contributed by atoms with Crippen molar-refractivity contribution in [2.45, 2.75) is 0 Å². The minimum absolute atomic E-state index is 0.665. The van der Waals surface area contributed by atoms with Crippen LogP contribution in [-0.4, -0.2) is 0 Å². The summed E-state index contributed by atoms with van der Waals surface area (Å²) in [7, 11) is 0. The highest BCUT2D eigenvalue weighted by atomic mass is 14.9. The predicted octanol–water partition coefficient (Wildman–Crippen LogP) is 1.47. The van der Waals surface area contributed by atoms with Gasteiger partial charge in [-0.15, -0.1) is 0 Å². The summed E-state index contributed by atoms with van der Waals surface area (Å²) in [5, 5.41) is 21.5. The monoisotopic (exact) mass is 158 g/mol. The molecule has 0 bridgehead atoms. The molecule has 0 saturated carbocycles. The fraction of sp³-hybridized carbons (Fsp3) is 0. The van der Waals surface area contributed by atoms with Gasteiger partial charge in [-0.25, -0.2) is 0 Å². The summed E-state index contributed by atoms with van der Waals surface area (Å²) in [4.78, 5) is 0. The van der Waals surface area contributed by atoms with Crippen LogP contribution in [0, 0.1) is 22.9 Å². The van der Waals surface area contributed by atoms with Gasteiger partial charge in [0.15, 0.2) is 12.4 Å². The number of hydrogen-bond acceptors (Lipinski definition) is 4. The number of benzene rings is 1. The topological polar surface area (TPSA) is 71.6 Å². The van der Waals surface area contributed by atoms with Crippen LogP contribution in [0.15, 0.2) is 24.3 Å². The first-order valence-electron chi connectivity index (χ1n) is 3.27. The van der Waals surface area contributed by atoms with Crippen molar-refractivity contribution in [2.75, 3.05) is 10.6 Å². The predicted molar refractivity (Wildman–Crippen MR) is 44.9 cm³/mol. The Morgan fingerprint density at radius 1 is 1.00 bits per heavy atom. The molecule has 4 nitrogen and oxygen atoms in total. The largest absolute Gasteiger partial charge is 0.293 e. The van der Waals surface area contributed by atoms with Crippen LogP contribution in [0.25, 0.3) is 0 Å². The number of rotatable bonds is 2. The number of anilines is 2. The van der Waals surface area contributed by atoms with Gasteiger partial charge in [0.2, 0.25) is 0 Å². The van der Waals surface area contributed by atoms with Gasteiger partial charge in [-0.1, -0.05) is 6.07 Å². The van der Waals surface area contributed by atoms with E-state index < -0.39 is 0 Å². The minimum atomic E-state index is 0.665. The zero-order valence-corrected chi connectivity index (χ0v) is 6.20. The van der Waals surface area contributed by atoms with E-state index in [9.17, 15) is 0 Å². The first-order valence-corrected chi connectivity index (χ1v) is 3.27. The summed E-state index contributed by atoms with van der Waals surface area (Å²) in [6.45, 7) is 0. The van der Waals surface area contributed by atoms with Crippen molar-refractivity contribution in [3.05, 3.63) is 24.3 Å². The fourth-order valence-electron chi connectivity index (χ4n) is 0.804. The van der Waals surface area contributed by atoms with E-state index in [4.69, 9.17) is 10.5 Å². The molecule has 0 radical (unpaired) electrons. The molecule has 2 N–H and O–H groups in total. The summed E-state index contributed by atoms with van der Waals surface area (Å²) in [5.41, 5.74) is 1.33. The first-order chi connectivity index (χ1) is 5.86. The van der Waals surface area contributed by atoms with Crippen molar-refractivity contribution in [1.82, 2.24) is 0 Å². The molecule has 0 aliphatic carbocycles. The molecule has 0 aromatic heterocycles. The molecule has 1 rings (SSSR count). The second-order valence-electron chi connectivity index (χ2n) is 2.05. The second kappa shape index (κ2) is 3.85. The van der Waals surface area contributed by atoms with Gasteiger partial charge in [-0.2, -0.15) is 10.5 Å². The van der Waals surface area contributed by atoms with Crippen LogP contribution in [-0.2, 0) is 0 Å². The van der Waals surface area contributed by atoms with Crippen LogP contribution in [0.2, 0.25) is 0 Å². The lowest BCUT2D eigenvalue weighted by Crippen LogP contribution is -1.90. The van der Waals surface area contributed by atoms with Crippen LogP contribution in [0.5, 0.6) is 0 Å². The lowest BCUT2D eigenvalue weighted by molar-refractivity contribution is 1.45. The van der Waals surface area contributed by atoms with E-state index in [2.05, 4.69) is 10.6 Å². The zero-order valence-electron chi connectivity index (χ0n) is 6.20. The van der Waals surface area contributed by atoms with E-state index in [1.54, 1.807) is 36.7 Å². The van der Waals surface area contributed by atoms with Crippen LogP contribution in [0.4, 0.5) is 11.4 Å². The molecule has 1 aromatic carbocycles. The molecule has 0 atom stereocenters. The number of nitrogens with zero attached hydrogens (tertiary/aromatic N) is 2. The average Bonchev–Trinajstić information content (AvgIpc) is 2.06. The van der Waals surface area contributed by atoms with Gasteiger partial charge >= 0.3 is 0 Å². The normalized spacial score (nSPS) is 7.83. The summed E-state index contributed by atoms with van der Waals surface area (Å²) >= 11 is 0. The molecular weight excluding hydrogens is 152 g/mol. The van der Waals surface area contributed by atoms with Crippen LogP contribution < -0.4 is 10.6 Å². The van der Waals surface area contributed by atoms with Gasteiger partial charge in [0.05, 0.1) is 0 Å². The summed E-state index contributed by atoms with van der Waals surface area (Å²) < 4.78 is 0. The van der Waals surface area contributed by atoms with E-state index in [1.807, 2.05) is 0 Å². The van der Waals surface area contributed by atoms with Gasteiger partial charge in [-0.3, -0.25) is 10.6 Å². The summed E-state index contributed by atoms with van der Waals surface area (Å²) in [6, 6.07) is 6.91. The second-order valence-corrected chi connectivity index (χ2v) is 2.05. The van der Waals surface area contributed by atoms with Crippen molar-refractivity contribution < 1.29 is 0 Å². The maximum Gasteiger partial charge on any atom is 0.181 e. The Morgan fingerprint density at radius 3 is 1.92 bits per heavy atom. The highest BCUT2D eigenvalue weighted by Crippen LogP contribution is 2.13.